The molecule has 0 aliphatic carbocycles. The Morgan fingerprint density at radius 3 is 2.78 bits per heavy atom. The molecule has 1 aromatic heterocycles. The molecule has 2 heterocycles. The maximum atomic E-state index is 12.9. The van der Waals surface area contributed by atoms with Crippen molar-refractivity contribution in [3.05, 3.63) is 51.8 Å². The van der Waals surface area contributed by atoms with E-state index in [1.54, 1.807) is 12.1 Å². The van der Waals surface area contributed by atoms with Crippen molar-refractivity contribution in [1.82, 2.24) is 15.1 Å². The zero-order chi connectivity index (χ0) is 16.4. The average Bonchev–Trinajstić information content (AvgIpc) is 3.05. The van der Waals surface area contributed by atoms with Gasteiger partial charge in [0.2, 0.25) is 0 Å². The van der Waals surface area contributed by atoms with Gasteiger partial charge in [-0.1, -0.05) is 12.1 Å². The Hall–Kier alpha value is -2.15. The number of nitrogens with one attached hydrogen (secondary N) is 1. The number of halogens is 1. The Bertz CT molecular complexity index is 743. The van der Waals surface area contributed by atoms with Crippen molar-refractivity contribution in [2.75, 3.05) is 6.54 Å². The summed E-state index contributed by atoms with van der Waals surface area (Å²) in [7, 11) is 0. The molecular weight excluding hydrogens is 360 g/mol. The van der Waals surface area contributed by atoms with Crippen molar-refractivity contribution in [2.45, 2.75) is 25.3 Å². The second kappa shape index (κ2) is 6.54. The Labute approximate surface area is 142 Å². The lowest BCUT2D eigenvalue weighted by atomic mass is 9.98. The molecule has 0 radical (unpaired) electrons. The Balaban J connectivity index is 1.90. The van der Waals surface area contributed by atoms with Gasteiger partial charge in [-0.2, -0.15) is 5.10 Å². The van der Waals surface area contributed by atoms with Gasteiger partial charge < -0.3 is 10.6 Å². The maximum absolute atomic E-state index is 12.9. The molecule has 0 bridgehead atoms. The standard InChI is InChI=1S/C16H17BrN4O2/c17-11-6-2-1-5-10(11)16(23)21-8-4-3-7-14(21)12-9-13(15(18)22)20-19-12/h1-2,5-6,9,14H,3-4,7-8H2,(H2,18,22)(H,19,20)/t14-/m0/s1. The van der Waals surface area contributed by atoms with Gasteiger partial charge in [0.25, 0.3) is 11.8 Å². The summed E-state index contributed by atoms with van der Waals surface area (Å²) in [6, 6.07) is 8.90. The molecular formula is C16H17BrN4O2. The van der Waals surface area contributed by atoms with Gasteiger partial charge in [-0.05, 0) is 53.4 Å². The molecule has 2 amide bonds. The number of benzene rings is 1. The number of H-pyrrole nitrogens is 1. The average molecular weight is 377 g/mol. The molecule has 1 atom stereocenters. The Kier molecular flexibility index (Phi) is 4.47. The first-order valence-corrected chi connectivity index (χ1v) is 8.28. The minimum Gasteiger partial charge on any atom is -0.364 e. The van der Waals surface area contributed by atoms with Gasteiger partial charge in [-0.15, -0.1) is 0 Å². The fraction of sp³-hybridized carbons (Fsp3) is 0.312. The lowest BCUT2D eigenvalue weighted by Crippen LogP contribution is -2.38. The molecule has 1 saturated heterocycles. The summed E-state index contributed by atoms with van der Waals surface area (Å²) in [5.74, 6) is -0.607. The number of nitrogens with two attached hydrogens (primary N) is 1. The molecule has 7 heteroatoms. The van der Waals surface area contributed by atoms with E-state index in [0.29, 0.717) is 12.1 Å². The minimum absolute atomic E-state index is 0.0302. The third kappa shape index (κ3) is 3.14. The SMILES string of the molecule is NC(=O)c1cc([C@@H]2CCCCN2C(=O)c2ccccc2Br)[nH]n1. The topological polar surface area (TPSA) is 92.1 Å². The summed E-state index contributed by atoms with van der Waals surface area (Å²) in [5.41, 5.74) is 6.83. The lowest BCUT2D eigenvalue weighted by Gasteiger charge is -2.35. The molecule has 3 rings (SSSR count). The zero-order valence-electron chi connectivity index (χ0n) is 12.5. The predicted molar refractivity (Wildman–Crippen MR) is 88.9 cm³/mol. The van der Waals surface area contributed by atoms with Crippen LogP contribution in [0.2, 0.25) is 0 Å². The smallest absolute Gasteiger partial charge is 0.269 e. The maximum Gasteiger partial charge on any atom is 0.269 e. The van der Waals surface area contributed by atoms with Crippen molar-refractivity contribution in [3.8, 4) is 0 Å². The molecule has 0 unspecified atom stereocenters. The molecule has 1 aliphatic rings. The van der Waals surface area contributed by atoms with Gasteiger partial charge in [-0.3, -0.25) is 14.7 Å². The third-order valence-electron chi connectivity index (χ3n) is 4.08. The molecule has 23 heavy (non-hydrogen) atoms. The first kappa shape index (κ1) is 15.7. The van der Waals surface area contributed by atoms with Crippen molar-refractivity contribution in [3.63, 3.8) is 0 Å². The van der Waals surface area contributed by atoms with Crippen LogP contribution in [-0.2, 0) is 0 Å². The summed E-state index contributed by atoms with van der Waals surface area (Å²) in [6.45, 7) is 0.676. The number of nitrogens with zero attached hydrogens (tertiary/aromatic N) is 2. The number of rotatable bonds is 3. The fourth-order valence-corrected chi connectivity index (χ4v) is 3.38. The summed E-state index contributed by atoms with van der Waals surface area (Å²) in [6.07, 6.45) is 2.81. The number of amides is 2. The van der Waals surface area contributed by atoms with Crippen LogP contribution in [0.1, 0.15) is 51.8 Å². The van der Waals surface area contributed by atoms with E-state index in [2.05, 4.69) is 26.1 Å². The number of carbonyl (C=O) groups excluding carboxylic acids is 2. The molecule has 1 fully saturated rings. The Morgan fingerprint density at radius 2 is 2.09 bits per heavy atom. The van der Waals surface area contributed by atoms with E-state index in [0.717, 1.165) is 29.4 Å². The van der Waals surface area contributed by atoms with Crippen molar-refractivity contribution in [2.24, 2.45) is 5.73 Å². The van der Waals surface area contributed by atoms with Crippen LogP contribution in [-0.4, -0.2) is 33.5 Å². The second-order valence-corrected chi connectivity index (χ2v) is 6.42. The van der Waals surface area contributed by atoms with E-state index >= 15 is 0 Å². The van der Waals surface area contributed by atoms with Crippen LogP contribution in [0, 0.1) is 0 Å². The second-order valence-electron chi connectivity index (χ2n) is 5.56. The molecule has 0 spiro atoms. The number of likely N-dealkylation sites (tertiary alicyclic amines) is 1. The fourth-order valence-electron chi connectivity index (χ4n) is 2.92. The zero-order valence-corrected chi connectivity index (χ0v) is 14.0. The monoisotopic (exact) mass is 376 g/mol. The van der Waals surface area contributed by atoms with Crippen LogP contribution in [0.15, 0.2) is 34.8 Å². The van der Waals surface area contributed by atoms with Gasteiger partial charge in [0.05, 0.1) is 17.3 Å². The van der Waals surface area contributed by atoms with Crippen molar-refractivity contribution >= 4 is 27.7 Å². The van der Waals surface area contributed by atoms with Crippen LogP contribution in [0.3, 0.4) is 0 Å². The largest absolute Gasteiger partial charge is 0.364 e. The van der Waals surface area contributed by atoms with E-state index in [4.69, 9.17) is 5.73 Å². The lowest BCUT2D eigenvalue weighted by molar-refractivity contribution is 0.0605. The molecule has 3 N–H and O–H groups in total. The van der Waals surface area contributed by atoms with Crippen molar-refractivity contribution < 1.29 is 9.59 Å². The van der Waals surface area contributed by atoms with Crippen LogP contribution in [0.5, 0.6) is 0 Å². The quantitative estimate of drug-likeness (QED) is 0.861. The predicted octanol–water partition coefficient (Wildman–Crippen LogP) is 2.64. The van der Waals surface area contributed by atoms with Gasteiger partial charge in [0.15, 0.2) is 0 Å². The van der Waals surface area contributed by atoms with E-state index in [1.165, 1.54) is 0 Å². The van der Waals surface area contributed by atoms with E-state index in [9.17, 15) is 9.59 Å². The summed E-state index contributed by atoms with van der Waals surface area (Å²) < 4.78 is 0.775. The number of hydrogen-bond donors (Lipinski definition) is 2. The molecule has 120 valence electrons. The molecule has 1 aliphatic heterocycles. The molecule has 2 aromatic rings. The highest BCUT2D eigenvalue weighted by atomic mass is 79.9. The minimum atomic E-state index is -0.577. The first-order chi connectivity index (χ1) is 11.1. The number of primary amides is 1. The van der Waals surface area contributed by atoms with Crippen LogP contribution < -0.4 is 5.73 Å². The number of aromatic amines is 1. The Morgan fingerprint density at radius 1 is 1.30 bits per heavy atom. The normalized spacial score (nSPS) is 18.0. The van der Waals surface area contributed by atoms with Crippen LogP contribution in [0.25, 0.3) is 0 Å². The van der Waals surface area contributed by atoms with E-state index < -0.39 is 5.91 Å². The summed E-state index contributed by atoms with van der Waals surface area (Å²) >= 11 is 3.43. The summed E-state index contributed by atoms with van der Waals surface area (Å²) in [4.78, 5) is 26.0. The van der Waals surface area contributed by atoms with Gasteiger partial charge in [-0.25, -0.2) is 0 Å². The van der Waals surface area contributed by atoms with Gasteiger partial charge in [0.1, 0.15) is 5.69 Å². The van der Waals surface area contributed by atoms with Gasteiger partial charge >= 0.3 is 0 Å². The van der Waals surface area contributed by atoms with Crippen LogP contribution >= 0.6 is 15.9 Å². The van der Waals surface area contributed by atoms with E-state index in [-0.39, 0.29) is 17.6 Å². The van der Waals surface area contributed by atoms with E-state index in [1.807, 2.05) is 23.1 Å². The van der Waals surface area contributed by atoms with Crippen LogP contribution in [0.4, 0.5) is 0 Å². The number of aromatic nitrogens is 2. The number of piperidine rings is 1. The highest BCUT2D eigenvalue weighted by Gasteiger charge is 2.31. The highest BCUT2D eigenvalue weighted by Crippen LogP contribution is 2.32. The summed E-state index contributed by atoms with van der Waals surface area (Å²) in [5, 5.41) is 6.78. The van der Waals surface area contributed by atoms with Gasteiger partial charge in [0, 0.05) is 11.0 Å². The number of carbonyl (C=O) groups is 2. The molecule has 0 saturated carbocycles. The highest BCUT2D eigenvalue weighted by molar-refractivity contribution is 9.10. The van der Waals surface area contributed by atoms with Crippen molar-refractivity contribution in [1.29, 1.82) is 0 Å². The first-order valence-electron chi connectivity index (χ1n) is 7.48. The number of hydrogen-bond acceptors (Lipinski definition) is 3. The molecule has 6 nitrogen and oxygen atoms in total. The third-order valence-corrected chi connectivity index (χ3v) is 4.77. The molecule has 1 aromatic carbocycles.